The number of amides is 11. The number of carbonyl (C=O) groups excluding carboxylic acids is 11. The molecule has 0 spiro atoms. The van der Waals surface area contributed by atoms with Crippen molar-refractivity contribution in [3.05, 3.63) is 12.2 Å². The third-order valence-electron chi connectivity index (χ3n) is 16.9. The summed E-state index contributed by atoms with van der Waals surface area (Å²) in [5.74, 6) is -10.8. The molecule has 0 aromatic rings. The summed E-state index contributed by atoms with van der Waals surface area (Å²) in [5.41, 5.74) is -1.63. The van der Waals surface area contributed by atoms with Crippen LogP contribution in [0.1, 0.15) is 163 Å². The number of hydrogen-bond donors (Lipinski definition) is 7. The minimum Gasteiger partial charge on any atom is -0.394 e. The molecule has 25 nitrogen and oxygen atoms in total. The van der Waals surface area contributed by atoms with Crippen molar-refractivity contribution in [3.8, 4) is 0 Å². The first-order chi connectivity index (χ1) is 41.0. The van der Waals surface area contributed by atoms with Crippen LogP contribution in [0.2, 0.25) is 0 Å². The zero-order valence-electron chi connectivity index (χ0n) is 58.2. The Hall–Kier alpha value is -6.21. The predicted octanol–water partition coefficient (Wildman–Crippen LogP) is 2.13. The van der Waals surface area contributed by atoms with Crippen molar-refractivity contribution in [3.63, 3.8) is 0 Å². The van der Waals surface area contributed by atoms with Gasteiger partial charge in [-0.25, -0.2) is 0 Å². The Morgan fingerprint density at radius 1 is 0.494 bits per heavy atom. The molecule has 11 amide bonds. The molecule has 13 atom stereocenters. The van der Waals surface area contributed by atoms with Crippen LogP contribution in [0.25, 0.3) is 0 Å². The van der Waals surface area contributed by atoms with Gasteiger partial charge >= 0.3 is 0 Å². The van der Waals surface area contributed by atoms with Crippen LogP contribution in [-0.2, 0) is 52.7 Å². The van der Waals surface area contributed by atoms with E-state index in [0.717, 1.165) is 14.7 Å². The summed E-state index contributed by atoms with van der Waals surface area (Å²) in [7, 11) is 9.42. The molecule has 1 aliphatic rings. The van der Waals surface area contributed by atoms with Gasteiger partial charge in [0.05, 0.1) is 18.3 Å². The lowest BCUT2D eigenvalue weighted by molar-refractivity contribution is -0.157. The number of nitrogens with zero attached hydrogens (tertiary/aromatic N) is 7. The molecule has 0 unspecified atom stereocenters. The lowest BCUT2D eigenvalue weighted by Gasteiger charge is -2.41. The smallest absolute Gasteiger partial charge is 0.248 e. The molecule has 1 saturated heterocycles. The minimum absolute atomic E-state index is 0.0567. The van der Waals surface area contributed by atoms with Gasteiger partial charge in [0.25, 0.3) is 0 Å². The maximum absolute atomic E-state index is 15.2. The van der Waals surface area contributed by atoms with Gasteiger partial charge in [-0.15, -0.1) is 0 Å². The molecule has 0 aromatic carbocycles. The predicted molar refractivity (Wildman–Crippen MR) is 341 cm³/mol. The van der Waals surface area contributed by atoms with Gasteiger partial charge in [0.15, 0.2) is 0 Å². The van der Waals surface area contributed by atoms with Crippen LogP contribution in [0.4, 0.5) is 0 Å². The molecule has 0 radical (unpaired) electrons. The lowest BCUT2D eigenvalue weighted by atomic mass is 9.91. The SMILES string of the molecule is C/C=C/C[C@@H](C)[C@@H](O)[C@H]1C(=O)N[C@@H](CC)C(=O)N(C)[C@H](CO)C(=O)N(C)[C@@H](CC(C)(C)O)C(=O)N[C@H](C(C)C)C(=O)N(C)[C@H](CCC(C)C)C(=O)N[C@H](C)C(=O)N[C@@H](C)C(=O)N(C)[C@@H](CC(C)C)C(=O)N(C)[C@@H](CC(C)C)C(=O)N(C)[C@@H](C(C)C)C(=O)N1C. The van der Waals surface area contributed by atoms with Gasteiger partial charge < -0.3 is 70.9 Å². The molecule has 510 valence electrons. The number of carbonyl (C=O) groups is 11. The molecule has 1 aliphatic heterocycles. The third-order valence-corrected chi connectivity index (χ3v) is 16.9. The first-order valence-electron chi connectivity index (χ1n) is 31.7. The van der Waals surface area contributed by atoms with Crippen molar-refractivity contribution in [2.24, 2.45) is 35.5 Å². The average molecular weight is 1260 g/mol. The standard InChI is InChI=1S/C64H115N11O14/c1-25-27-28-40(13)52(77)51-56(81)67-43(26-2)58(83)73(22)48(34-76)61(86)72(21)47(33-64(16,17)89)55(80)68-49(38(9)10)62(87)69(18)44(30-29-35(3)4)54(79)65-41(14)53(78)66-42(15)57(82)70(19)45(31-36(5)6)59(84)71(20)46(32-37(7)8)60(85)74(23)50(39(11)12)63(88)75(51)24/h25,27,35-52,76-77,89H,26,28-34H2,1-24H3,(H,65,79)(H,66,78)(H,67,81)(H,68,80)/b27-25+/t40-,41-,42+,43+,44-,45+,46+,47+,48-,49-,50+,51+,52-/m1/s1. The Morgan fingerprint density at radius 3 is 1.38 bits per heavy atom. The van der Waals surface area contributed by atoms with Crippen molar-refractivity contribution in [2.45, 2.75) is 241 Å². The summed E-state index contributed by atoms with van der Waals surface area (Å²) in [6.45, 7) is 27.7. The molecule has 0 bridgehead atoms. The number of rotatable bonds is 17. The van der Waals surface area contributed by atoms with E-state index in [-0.39, 0.29) is 49.9 Å². The highest BCUT2D eigenvalue weighted by molar-refractivity contribution is 6.00. The van der Waals surface area contributed by atoms with E-state index in [9.17, 15) is 58.5 Å². The molecule has 1 heterocycles. The number of allylic oxidation sites excluding steroid dienone is 2. The first kappa shape index (κ1) is 80.8. The second-order valence-electron chi connectivity index (χ2n) is 27.2. The first-order valence-corrected chi connectivity index (χ1v) is 31.7. The summed E-state index contributed by atoms with van der Waals surface area (Å²) >= 11 is 0. The van der Waals surface area contributed by atoms with Crippen LogP contribution in [0, 0.1) is 35.5 Å². The van der Waals surface area contributed by atoms with E-state index in [1.165, 1.54) is 96.6 Å². The molecular weight excluding hydrogens is 1150 g/mol. The maximum Gasteiger partial charge on any atom is 0.248 e. The van der Waals surface area contributed by atoms with Crippen molar-refractivity contribution >= 4 is 65.0 Å². The largest absolute Gasteiger partial charge is 0.394 e. The van der Waals surface area contributed by atoms with Crippen molar-refractivity contribution in [2.75, 3.05) is 55.9 Å². The van der Waals surface area contributed by atoms with Crippen LogP contribution < -0.4 is 21.3 Å². The number of hydrogen-bond acceptors (Lipinski definition) is 14. The summed E-state index contributed by atoms with van der Waals surface area (Å²) in [6, 6.07) is -15.1. The summed E-state index contributed by atoms with van der Waals surface area (Å²) in [4.78, 5) is 169. The van der Waals surface area contributed by atoms with Gasteiger partial charge in [-0.3, -0.25) is 52.7 Å². The zero-order chi connectivity index (χ0) is 69.2. The van der Waals surface area contributed by atoms with Crippen molar-refractivity contribution in [1.29, 1.82) is 0 Å². The molecule has 0 aliphatic carbocycles. The van der Waals surface area contributed by atoms with Gasteiger partial charge in [-0.1, -0.05) is 95.2 Å². The topological polar surface area (TPSA) is 319 Å². The minimum atomic E-state index is -1.70. The van der Waals surface area contributed by atoms with E-state index in [1.807, 2.05) is 41.5 Å². The summed E-state index contributed by atoms with van der Waals surface area (Å²) in [6.07, 6.45) is 2.55. The zero-order valence-corrected chi connectivity index (χ0v) is 58.2. The maximum atomic E-state index is 15.2. The van der Waals surface area contributed by atoms with E-state index in [1.54, 1.807) is 60.6 Å². The van der Waals surface area contributed by atoms with E-state index in [0.29, 0.717) is 6.42 Å². The van der Waals surface area contributed by atoms with Crippen LogP contribution in [-0.4, -0.2) is 249 Å². The van der Waals surface area contributed by atoms with Crippen LogP contribution in [0.3, 0.4) is 0 Å². The number of likely N-dealkylation sites (N-methyl/N-ethyl adjacent to an activating group) is 7. The number of nitrogens with one attached hydrogen (secondary N) is 4. The van der Waals surface area contributed by atoms with E-state index in [2.05, 4.69) is 21.3 Å². The third kappa shape index (κ3) is 22.6. The Balaban J connectivity index is 4.46. The molecule has 7 N–H and O–H groups in total. The van der Waals surface area contributed by atoms with Crippen LogP contribution in [0.15, 0.2) is 12.2 Å². The second kappa shape index (κ2) is 36.0. The van der Waals surface area contributed by atoms with Gasteiger partial charge in [0.1, 0.15) is 66.5 Å². The highest BCUT2D eigenvalue weighted by Gasteiger charge is 2.46. The average Bonchev–Trinajstić information content (AvgIpc) is 3.35. The molecular formula is C64H115N11O14. The summed E-state index contributed by atoms with van der Waals surface area (Å²) < 4.78 is 0. The quantitative estimate of drug-likeness (QED) is 0.103. The van der Waals surface area contributed by atoms with Crippen molar-refractivity contribution in [1.82, 2.24) is 55.6 Å². The highest BCUT2D eigenvalue weighted by atomic mass is 16.3. The number of aliphatic hydroxyl groups excluding tert-OH is 2. The molecule has 0 aromatic heterocycles. The second-order valence-corrected chi connectivity index (χ2v) is 27.2. The van der Waals surface area contributed by atoms with E-state index >= 15 is 9.59 Å². The normalized spacial score (nSPS) is 27.2. The Morgan fingerprint density at radius 2 is 0.933 bits per heavy atom. The fraction of sp³-hybridized carbons (Fsp3) is 0.797. The van der Waals surface area contributed by atoms with Crippen LogP contribution in [0.5, 0.6) is 0 Å². The van der Waals surface area contributed by atoms with Gasteiger partial charge in [-0.05, 0) is 109 Å². The highest BCUT2D eigenvalue weighted by Crippen LogP contribution is 2.26. The molecule has 25 heteroatoms. The van der Waals surface area contributed by atoms with E-state index < -0.39 is 174 Å². The lowest BCUT2D eigenvalue weighted by Crippen LogP contribution is -2.64. The summed E-state index contributed by atoms with van der Waals surface area (Å²) in [5, 5.41) is 45.0. The Kier molecular flexibility index (Phi) is 32.7. The number of aliphatic hydroxyl groups is 3. The molecule has 1 rings (SSSR count). The monoisotopic (exact) mass is 1260 g/mol. The Bertz CT molecular complexity index is 2450. The van der Waals surface area contributed by atoms with E-state index in [4.69, 9.17) is 0 Å². The van der Waals surface area contributed by atoms with Gasteiger partial charge in [0.2, 0.25) is 65.0 Å². The fourth-order valence-electron chi connectivity index (χ4n) is 11.1. The molecule has 89 heavy (non-hydrogen) atoms. The fourth-order valence-corrected chi connectivity index (χ4v) is 11.1. The van der Waals surface area contributed by atoms with Crippen LogP contribution >= 0.6 is 0 Å². The Labute approximate surface area is 531 Å². The molecule has 1 fully saturated rings. The molecule has 0 saturated carbocycles. The van der Waals surface area contributed by atoms with Gasteiger partial charge in [-0.2, -0.15) is 0 Å². The van der Waals surface area contributed by atoms with Gasteiger partial charge in [0, 0.05) is 55.8 Å². The van der Waals surface area contributed by atoms with Crippen molar-refractivity contribution < 1.29 is 68.1 Å².